The van der Waals surface area contributed by atoms with Crippen molar-refractivity contribution >= 4 is 16.8 Å². The summed E-state index contributed by atoms with van der Waals surface area (Å²) < 4.78 is 0. The summed E-state index contributed by atoms with van der Waals surface area (Å²) in [5.41, 5.74) is 1.61. The molecule has 0 radical (unpaired) electrons. The highest BCUT2D eigenvalue weighted by Crippen LogP contribution is 2.22. The summed E-state index contributed by atoms with van der Waals surface area (Å²) >= 11 is 0. The van der Waals surface area contributed by atoms with Crippen LogP contribution >= 0.6 is 0 Å². The molecule has 1 saturated carbocycles. The number of nitrogens with zero attached hydrogens (tertiary/aromatic N) is 1. The fourth-order valence-electron chi connectivity index (χ4n) is 3.37. The molecule has 116 valence electrons. The Hall–Kier alpha value is -1.90. The Labute approximate surface area is 132 Å². The first-order valence-electron chi connectivity index (χ1n) is 8.46. The van der Waals surface area contributed by atoms with E-state index in [1.54, 1.807) is 6.20 Å². The smallest absolute Gasteiger partial charge is 0.252 e. The molecule has 0 saturated heterocycles. The zero-order chi connectivity index (χ0) is 15.2. The number of nitrogens with one attached hydrogen (secondary N) is 1. The largest absolute Gasteiger partial charge is 0.352 e. The topological polar surface area (TPSA) is 42.0 Å². The number of hydrogen-bond acceptors (Lipinski definition) is 2. The summed E-state index contributed by atoms with van der Waals surface area (Å²) in [6.45, 7) is 0.801. The van der Waals surface area contributed by atoms with Gasteiger partial charge in [0.25, 0.3) is 5.91 Å². The van der Waals surface area contributed by atoms with Gasteiger partial charge >= 0.3 is 0 Å². The van der Waals surface area contributed by atoms with Gasteiger partial charge in [0, 0.05) is 18.1 Å². The van der Waals surface area contributed by atoms with Crippen molar-refractivity contribution in [2.24, 2.45) is 5.92 Å². The number of rotatable bonds is 3. The molecule has 22 heavy (non-hydrogen) atoms. The van der Waals surface area contributed by atoms with Crippen LogP contribution in [0.15, 0.2) is 36.5 Å². The minimum Gasteiger partial charge on any atom is -0.352 e. The van der Waals surface area contributed by atoms with Crippen molar-refractivity contribution in [3.05, 3.63) is 42.1 Å². The van der Waals surface area contributed by atoms with E-state index in [1.165, 1.54) is 44.9 Å². The van der Waals surface area contributed by atoms with E-state index in [-0.39, 0.29) is 5.91 Å². The molecule has 1 aromatic heterocycles. The first-order chi connectivity index (χ1) is 10.8. The molecule has 0 bridgehead atoms. The zero-order valence-electron chi connectivity index (χ0n) is 13.1. The Bertz CT molecular complexity index is 625. The second kappa shape index (κ2) is 7.39. The number of hydrogen-bond donors (Lipinski definition) is 1. The van der Waals surface area contributed by atoms with Crippen molar-refractivity contribution in [1.29, 1.82) is 0 Å². The van der Waals surface area contributed by atoms with Gasteiger partial charge in [0.1, 0.15) is 0 Å². The molecule has 1 fully saturated rings. The minimum absolute atomic E-state index is 0.0284. The summed E-state index contributed by atoms with van der Waals surface area (Å²) in [5.74, 6) is 0.665. The number of amides is 1. The first-order valence-corrected chi connectivity index (χ1v) is 8.46. The van der Waals surface area contributed by atoms with Crippen LogP contribution in [0.5, 0.6) is 0 Å². The summed E-state index contributed by atoms with van der Waals surface area (Å²) in [4.78, 5) is 16.8. The van der Waals surface area contributed by atoms with Gasteiger partial charge in [-0.25, -0.2) is 0 Å². The van der Waals surface area contributed by atoms with Crippen LogP contribution in [0.3, 0.4) is 0 Å². The number of pyridine rings is 1. The van der Waals surface area contributed by atoms with Crippen LogP contribution in [-0.2, 0) is 0 Å². The fourth-order valence-corrected chi connectivity index (χ4v) is 3.37. The predicted molar refractivity (Wildman–Crippen MR) is 89.9 cm³/mol. The molecule has 3 nitrogen and oxygen atoms in total. The van der Waals surface area contributed by atoms with E-state index in [0.29, 0.717) is 5.92 Å². The number of carbonyl (C=O) groups is 1. The molecule has 1 amide bonds. The van der Waals surface area contributed by atoms with Gasteiger partial charge in [-0.1, -0.05) is 50.3 Å². The van der Waals surface area contributed by atoms with Gasteiger partial charge in [0.2, 0.25) is 0 Å². The maximum absolute atomic E-state index is 12.5. The monoisotopic (exact) mass is 296 g/mol. The van der Waals surface area contributed by atoms with Gasteiger partial charge in [-0.05, 0) is 30.9 Å². The van der Waals surface area contributed by atoms with Crippen molar-refractivity contribution < 1.29 is 4.79 Å². The first kappa shape index (κ1) is 15.0. The van der Waals surface area contributed by atoms with Crippen molar-refractivity contribution in [2.45, 2.75) is 44.9 Å². The lowest BCUT2D eigenvalue weighted by molar-refractivity contribution is 0.0946. The van der Waals surface area contributed by atoms with E-state index in [1.807, 2.05) is 30.3 Å². The SMILES string of the molecule is O=C(NCC1CCCCCCC1)c1ccnc2ccccc12. The van der Waals surface area contributed by atoms with Crippen LogP contribution in [0.4, 0.5) is 0 Å². The number of para-hydroxylation sites is 1. The average molecular weight is 296 g/mol. The summed E-state index contributed by atoms with van der Waals surface area (Å²) in [7, 11) is 0. The van der Waals surface area contributed by atoms with Crippen LogP contribution in [-0.4, -0.2) is 17.4 Å². The average Bonchev–Trinajstić information content (AvgIpc) is 2.53. The molecule has 0 atom stereocenters. The maximum Gasteiger partial charge on any atom is 0.252 e. The molecule has 0 unspecified atom stereocenters. The van der Waals surface area contributed by atoms with E-state index in [9.17, 15) is 4.79 Å². The molecule has 3 rings (SSSR count). The van der Waals surface area contributed by atoms with Crippen molar-refractivity contribution in [2.75, 3.05) is 6.54 Å². The quantitative estimate of drug-likeness (QED) is 0.916. The molecule has 1 heterocycles. The highest BCUT2D eigenvalue weighted by molar-refractivity contribution is 6.05. The van der Waals surface area contributed by atoms with Gasteiger partial charge < -0.3 is 5.32 Å². The molecule has 0 spiro atoms. The van der Waals surface area contributed by atoms with Crippen LogP contribution < -0.4 is 5.32 Å². The van der Waals surface area contributed by atoms with Crippen LogP contribution in [0.2, 0.25) is 0 Å². The lowest BCUT2D eigenvalue weighted by Gasteiger charge is -2.20. The van der Waals surface area contributed by atoms with Crippen molar-refractivity contribution in [3.63, 3.8) is 0 Å². The maximum atomic E-state index is 12.5. The van der Waals surface area contributed by atoms with E-state index in [4.69, 9.17) is 0 Å². The van der Waals surface area contributed by atoms with Gasteiger partial charge in [-0.2, -0.15) is 0 Å². The molecule has 1 aliphatic rings. The molecular formula is C19H24N2O. The molecule has 3 heteroatoms. The Morgan fingerprint density at radius 2 is 1.77 bits per heavy atom. The van der Waals surface area contributed by atoms with E-state index in [2.05, 4.69) is 10.3 Å². The van der Waals surface area contributed by atoms with Gasteiger partial charge in [-0.3, -0.25) is 9.78 Å². The van der Waals surface area contributed by atoms with Crippen molar-refractivity contribution in [1.82, 2.24) is 10.3 Å². The molecular weight excluding hydrogens is 272 g/mol. The third-order valence-corrected chi connectivity index (χ3v) is 4.67. The number of benzene rings is 1. The third kappa shape index (κ3) is 3.65. The summed E-state index contributed by atoms with van der Waals surface area (Å²) in [5, 5.41) is 4.07. The van der Waals surface area contributed by atoms with Crippen LogP contribution in [0.25, 0.3) is 10.9 Å². The fraction of sp³-hybridized carbons (Fsp3) is 0.474. The van der Waals surface area contributed by atoms with Gasteiger partial charge in [0.05, 0.1) is 11.1 Å². The highest BCUT2D eigenvalue weighted by Gasteiger charge is 2.14. The molecule has 1 N–H and O–H groups in total. The molecule has 1 aliphatic carbocycles. The standard InChI is InChI=1S/C19H24N2O/c22-19(21-14-15-8-4-2-1-3-5-9-15)17-12-13-20-18-11-7-6-10-16(17)18/h6-7,10-13,15H,1-5,8-9,14H2,(H,21,22). The Morgan fingerprint density at radius 3 is 2.59 bits per heavy atom. The third-order valence-electron chi connectivity index (χ3n) is 4.67. The number of aromatic nitrogens is 1. The summed E-state index contributed by atoms with van der Waals surface area (Å²) in [6, 6.07) is 9.63. The Morgan fingerprint density at radius 1 is 1.05 bits per heavy atom. The van der Waals surface area contributed by atoms with Crippen LogP contribution in [0, 0.1) is 5.92 Å². The molecule has 0 aliphatic heterocycles. The second-order valence-corrected chi connectivity index (χ2v) is 6.30. The zero-order valence-corrected chi connectivity index (χ0v) is 13.1. The van der Waals surface area contributed by atoms with Crippen LogP contribution in [0.1, 0.15) is 55.3 Å². The normalized spacial score (nSPS) is 16.9. The minimum atomic E-state index is 0.0284. The van der Waals surface area contributed by atoms with E-state index in [0.717, 1.165) is 23.0 Å². The predicted octanol–water partition coefficient (Wildman–Crippen LogP) is 4.33. The molecule has 1 aromatic carbocycles. The Kier molecular flexibility index (Phi) is 5.04. The summed E-state index contributed by atoms with van der Waals surface area (Å²) in [6.07, 6.45) is 10.9. The van der Waals surface area contributed by atoms with Gasteiger partial charge in [-0.15, -0.1) is 0 Å². The number of carbonyl (C=O) groups excluding carboxylic acids is 1. The highest BCUT2D eigenvalue weighted by atomic mass is 16.1. The lowest BCUT2D eigenvalue weighted by Crippen LogP contribution is -2.29. The van der Waals surface area contributed by atoms with E-state index >= 15 is 0 Å². The Balaban J connectivity index is 1.65. The molecule has 2 aromatic rings. The number of fused-ring (bicyclic) bond motifs is 1. The van der Waals surface area contributed by atoms with Crippen molar-refractivity contribution in [3.8, 4) is 0 Å². The van der Waals surface area contributed by atoms with Gasteiger partial charge in [0.15, 0.2) is 0 Å². The lowest BCUT2D eigenvalue weighted by atomic mass is 9.91. The second-order valence-electron chi connectivity index (χ2n) is 6.30. The van der Waals surface area contributed by atoms with E-state index < -0.39 is 0 Å².